The number of rotatable bonds is 6. The van der Waals surface area contributed by atoms with Crippen LogP contribution >= 0.6 is 0 Å². The molecule has 0 spiro atoms. The van der Waals surface area contributed by atoms with Gasteiger partial charge in [0.1, 0.15) is 11.6 Å². The van der Waals surface area contributed by atoms with Gasteiger partial charge in [-0.25, -0.2) is 9.97 Å². The van der Waals surface area contributed by atoms with Crippen molar-refractivity contribution in [2.75, 3.05) is 12.3 Å². The van der Waals surface area contributed by atoms with Gasteiger partial charge in [0.25, 0.3) is 0 Å². The maximum Gasteiger partial charge on any atom is 0.125 e. The highest BCUT2D eigenvalue weighted by molar-refractivity contribution is 5.32. The van der Waals surface area contributed by atoms with Crippen LogP contribution in [0.1, 0.15) is 30.8 Å². The first-order chi connectivity index (χ1) is 9.20. The number of nitrogens with one attached hydrogen (secondary N) is 1. The Morgan fingerprint density at radius 1 is 1.37 bits per heavy atom. The lowest BCUT2D eigenvalue weighted by atomic mass is 10.1. The van der Waals surface area contributed by atoms with E-state index < -0.39 is 0 Å². The molecule has 0 amide bonds. The molecule has 19 heavy (non-hydrogen) atoms. The zero-order valence-corrected chi connectivity index (χ0v) is 11.5. The number of nitrogens with two attached hydrogens (primary N) is 1. The lowest BCUT2D eigenvalue weighted by molar-refractivity contribution is 0.491. The Morgan fingerprint density at radius 3 is 2.84 bits per heavy atom. The highest BCUT2D eigenvalue weighted by atomic mass is 15.1. The molecule has 0 saturated heterocycles. The number of nitrogen functional groups attached to an aromatic ring is 1. The molecule has 3 N–H and O–H groups in total. The minimum atomic E-state index is 0.196. The molecule has 0 saturated carbocycles. The Hall–Kier alpha value is -1.88. The molecular weight excluding hydrogens is 238 g/mol. The summed E-state index contributed by atoms with van der Waals surface area (Å²) in [6, 6.07) is 4.12. The smallest absolute Gasteiger partial charge is 0.125 e. The molecule has 0 bridgehead atoms. The van der Waals surface area contributed by atoms with Gasteiger partial charge in [-0.2, -0.15) is 0 Å². The van der Waals surface area contributed by atoms with Gasteiger partial charge in [-0.3, -0.25) is 0 Å². The number of aromatic nitrogens is 3. The second kappa shape index (κ2) is 6.33. The van der Waals surface area contributed by atoms with Crippen molar-refractivity contribution < 1.29 is 0 Å². The molecule has 0 aliphatic rings. The SMILES string of the molecule is CCCNC(Cc1ccnc(N)c1)c1nccn1C. The van der Waals surface area contributed by atoms with Crippen LogP contribution in [0.5, 0.6) is 0 Å². The minimum Gasteiger partial charge on any atom is -0.384 e. The molecule has 0 aliphatic carbocycles. The Balaban J connectivity index is 2.16. The number of aryl methyl sites for hydroxylation is 1. The number of nitrogens with zero attached hydrogens (tertiary/aromatic N) is 3. The topological polar surface area (TPSA) is 68.8 Å². The quantitative estimate of drug-likeness (QED) is 0.828. The third-order valence-corrected chi connectivity index (χ3v) is 3.10. The van der Waals surface area contributed by atoms with E-state index in [2.05, 4.69) is 26.8 Å². The monoisotopic (exact) mass is 259 g/mol. The number of anilines is 1. The first-order valence-corrected chi connectivity index (χ1v) is 6.61. The standard InChI is InChI=1S/C14H21N5/c1-3-5-16-12(14-18-7-8-19(14)2)9-11-4-6-17-13(15)10-11/h4,6-8,10,12,16H,3,5,9H2,1-2H3,(H2,15,17). The van der Waals surface area contributed by atoms with Crippen molar-refractivity contribution in [3.05, 3.63) is 42.1 Å². The fourth-order valence-corrected chi connectivity index (χ4v) is 2.14. The third-order valence-electron chi connectivity index (χ3n) is 3.10. The van der Waals surface area contributed by atoms with Gasteiger partial charge < -0.3 is 15.6 Å². The van der Waals surface area contributed by atoms with Crippen molar-refractivity contribution in [3.63, 3.8) is 0 Å². The zero-order chi connectivity index (χ0) is 13.7. The van der Waals surface area contributed by atoms with Crippen LogP contribution in [0.15, 0.2) is 30.7 Å². The Bertz CT molecular complexity index is 520. The highest BCUT2D eigenvalue weighted by Gasteiger charge is 2.15. The van der Waals surface area contributed by atoms with Gasteiger partial charge in [0.2, 0.25) is 0 Å². The number of hydrogen-bond acceptors (Lipinski definition) is 4. The largest absolute Gasteiger partial charge is 0.384 e. The minimum absolute atomic E-state index is 0.196. The summed E-state index contributed by atoms with van der Waals surface area (Å²) in [7, 11) is 2.02. The zero-order valence-electron chi connectivity index (χ0n) is 11.5. The van der Waals surface area contributed by atoms with E-state index in [1.54, 1.807) is 6.20 Å². The molecule has 0 radical (unpaired) electrons. The number of hydrogen-bond donors (Lipinski definition) is 2. The van der Waals surface area contributed by atoms with Crippen LogP contribution < -0.4 is 11.1 Å². The van der Waals surface area contributed by atoms with Gasteiger partial charge in [-0.15, -0.1) is 0 Å². The van der Waals surface area contributed by atoms with Crippen LogP contribution in [0, 0.1) is 0 Å². The second-order valence-corrected chi connectivity index (χ2v) is 4.70. The molecule has 0 aliphatic heterocycles. The Labute approximate surface area is 113 Å². The number of pyridine rings is 1. The van der Waals surface area contributed by atoms with Gasteiger partial charge in [-0.1, -0.05) is 6.92 Å². The van der Waals surface area contributed by atoms with E-state index in [0.29, 0.717) is 5.82 Å². The molecule has 2 rings (SSSR count). The summed E-state index contributed by atoms with van der Waals surface area (Å²) < 4.78 is 2.05. The summed E-state index contributed by atoms with van der Waals surface area (Å²) in [4.78, 5) is 8.47. The van der Waals surface area contributed by atoms with E-state index in [1.165, 1.54) is 5.56 Å². The molecule has 2 aromatic heterocycles. The second-order valence-electron chi connectivity index (χ2n) is 4.70. The summed E-state index contributed by atoms with van der Waals surface area (Å²) in [5.74, 6) is 1.61. The van der Waals surface area contributed by atoms with Crippen molar-refractivity contribution in [1.82, 2.24) is 19.9 Å². The van der Waals surface area contributed by atoms with E-state index >= 15 is 0 Å². The first kappa shape index (κ1) is 13.5. The summed E-state index contributed by atoms with van der Waals surface area (Å²) in [6.45, 7) is 3.13. The summed E-state index contributed by atoms with van der Waals surface area (Å²) >= 11 is 0. The molecule has 1 atom stereocenters. The highest BCUT2D eigenvalue weighted by Crippen LogP contribution is 2.17. The molecule has 0 fully saturated rings. The molecule has 5 heteroatoms. The van der Waals surface area contributed by atoms with Gasteiger partial charge >= 0.3 is 0 Å². The van der Waals surface area contributed by atoms with Crippen LogP contribution in [0.3, 0.4) is 0 Å². The molecule has 2 heterocycles. The molecule has 2 aromatic rings. The first-order valence-electron chi connectivity index (χ1n) is 6.61. The van der Waals surface area contributed by atoms with E-state index in [0.717, 1.165) is 25.2 Å². The average Bonchev–Trinajstić information content (AvgIpc) is 2.81. The van der Waals surface area contributed by atoms with Crippen molar-refractivity contribution >= 4 is 5.82 Å². The van der Waals surface area contributed by atoms with Crippen LogP contribution in [-0.2, 0) is 13.5 Å². The Kier molecular flexibility index (Phi) is 4.52. The lowest BCUT2D eigenvalue weighted by Gasteiger charge is -2.18. The normalized spacial score (nSPS) is 12.5. The fourth-order valence-electron chi connectivity index (χ4n) is 2.14. The van der Waals surface area contributed by atoms with Gasteiger partial charge in [-0.05, 0) is 37.1 Å². The average molecular weight is 259 g/mol. The third kappa shape index (κ3) is 3.54. The van der Waals surface area contributed by atoms with Crippen molar-refractivity contribution in [2.24, 2.45) is 7.05 Å². The van der Waals surface area contributed by atoms with Gasteiger partial charge in [0.15, 0.2) is 0 Å². The molecule has 102 valence electrons. The van der Waals surface area contributed by atoms with Crippen LogP contribution in [0.4, 0.5) is 5.82 Å². The predicted molar refractivity (Wildman–Crippen MR) is 76.6 cm³/mol. The van der Waals surface area contributed by atoms with Gasteiger partial charge in [0, 0.05) is 25.6 Å². The lowest BCUT2D eigenvalue weighted by Crippen LogP contribution is -2.26. The number of imidazole rings is 1. The van der Waals surface area contributed by atoms with E-state index in [1.807, 2.05) is 31.6 Å². The predicted octanol–water partition coefficient (Wildman–Crippen LogP) is 1.68. The van der Waals surface area contributed by atoms with Crippen molar-refractivity contribution in [3.8, 4) is 0 Å². The van der Waals surface area contributed by atoms with Crippen LogP contribution in [0.25, 0.3) is 0 Å². The molecule has 0 aromatic carbocycles. The van der Waals surface area contributed by atoms with Crippen molar-refractivity contribution in [1.29, 1.82) is 0 Å². The fraction of sp³-hybridized carbons (Fsp3) is 0.429. The maximum absolute atomic E-state index is 5.73. The van der Waals surface area contributed by atoms with E-state index in [9.17, 15) is 0 Å². The Morgan fingerprint density at radius 2 is 2.21 bits per heavy atom. The molecular formula is C14H21N5. The van der Waals surface area contributed by atoms with Gasteiger partial charge in [0.05, 0.1) is 6.04 Å². The van der Waals surface area contributed by atoms with E-state index in [4.69, 9.17) is 5.73 Å². The van der Waals surface area contributed by atoms with Crippen LogP contribution in [-0.4, -0.2) is 21.1 Å². The summed E-state index contributed by atoms with van der Waals surface area (Å²) in [6.07, 6.45) is 7.50. The molecule has 1 unspecified atom stereocenters. The summed E-state index contributed by atoms with van der Waals surface area (Å²) in [5, 5.41) is 3.54. The maximum atomic E-state index is 5.73. The van der Waals surface area contributed by atoms with Crippen molar-refractivity contribution in [2.45, 2.75) is 25.8 Å². The molecule has 5 nitrogen and oxygen atoms in total. The van der Waals surface area contributed by atoms with E-state index in [-0.39, 0.29) is 6.04 Å². The summed E-state index contributed by atoms with van der Waals surface area (Å²) in [5.41, 5.74) is 6.90. The van der Waals surface area contributed by atoms with Crippen LogP contribution in [0.2, 0.25) is 0 Å².